The molecule has 1 unspecified atom stereocenters. The van der Waals surface area contributed by atoms with E-state index in [1.165, 1.54) is 18.6 Å². The van der Waals surface area contributed by atoms with E-state index in [-0.39, 0.29) is 24.5 Å². The fourth-order valence-corrected chi connectivity index (χ4v) is 2.66. The standard InChI is InChI=1S/C17H26N4O3/c1-17(2,3)24-16(23)21-9-5-4-6-13(21)10-19-12-15(22)14-11-18-7-8-20-14/h7-8,11,13,19H,4-6,9-10,12H2,1-3H3. The molecular weight excluding hydrogens is 308 g/mol. The van der Waals surface area contributed by atoms with Gasteiger partial charge in [-0.05, 0) is 40.0 Å². The Morgan fingerprint density at radius 3 is 2.79 bits per heavy atom. The van der Waals surface area contributed by atoms with E-state index < -0.39 is 5.60 Å². The van der Waals surface area contributed by atoms with Crippen LogP contribution in [0.4, 0.5) is 4.79 Å². The van der Waals surface area contributed by atoms with Crippen LogP contribution in [0, 0.1) is 0 Å². The summed E-state index contributed by atoms with van der Waals surface area (Å²) in [6, 6.07) is 0.0447. The average molecular weight is 334 g/mol. The predicted octanol–water partition coefficient (Wildman–Crippen LogP) is 2.04. The maximum atomic E-state index is 12.3. The summed E-state index contributed by atoms with van der Waals surface area (Å²) in [6.45, 7) is 7.02. The van der Waals surface area contributed by atoms with E-state index in [0.717, 1.165) is 19.3 Å². The Hall–Kier alpha value is -2.02. The van der Waals surface area contributed by atoms with E-state index in [0.29, 0.717) is 18.8 Å². The number of nitrogens with zero attached hydrogens (tertiary/aromatic N) is 3. The number of nitrogens with one attached hydrogen (secondary N) is 1. The zero-order valence-corrected chi connectivity index (χ0v) is 14.6. The number of ketones is 1. The fraction of sp³-hybridized carbons (Fsp3) is 0.647. The van der Waals surface area contributed by atoms with Crippen molar-refractivity contribution in [3.05, 3.63) is 24.3 Å². The quantitative estimate of drug-likeness (QED) is 0.830. The zero-order chi connectivity index (χ0) is 17.6. The SMILES string of the molecule is CC(C)(C)OC(=O)N1CCCCC1CNCC(=O)c1cnccn1. The number of ether oxygens (including phenoxy) is 1. The van der Waals surface area contributed by atoms with Gasteiger partial charge >= 0.3 is 6.09 Å². The number of likely N-dealkylation sites (tertiary alicyclic amines) is 1. The van der Waals surface area contributed by atoms with Crippen LogP contribution in [-0.2, 0) is 4.74 Å². The summed E-state index contributed by atoms with van der Waals surface area (Å²) in [6.07, 6.45) is 7.17. The first-order valence-corrected chi connectivity index (χ1v) is 8.36. The highest BCUT2D eigenvalue weighted by atomic mass is 16.6. The summed E-state index contributed by atoms with van der Waals surface area (Å²) in [5, 5.41) is 3.13. The lowest BCUT2D eigenvalue weighted by molar-refractivity contribution is 0.0101. The van der Waals surface area contributed by atoms with Crippen molar-refractivity contribution in [1.29, 1.82) is 0 Å². The molecule has 1 fully saturated rings. The number of hydrogen-bond donors (Lipinski definition) is 1. The van der Waals surface area contributed by atoms with Crippen LogP contribution in [0.3, 0.4) is 0 Å². The third-order valence-corrected chi connectivity index (χ3v) is 3.77. The smallest absolute Gasteiger partial charge is 0.410 e. The first-order chi connectivity index (χ1) is 11.4. The lowest BCUT2D eigenvalue weighted by Crippen LogP contribution is -2.50. The number of Topliss-reactive ketones (excluding diaryl/α,β-unsaturated/α-hetero) is 1. The maximum Gasteiger partial charge on any atom is 0.410 e. The van der Waals surface area contributed by atoms with Crippen molar-refractivity contribution in [2.45, 2.75) is 51.7 Å². The van der Waals surface area contributed by atoms with Gasteiger partial charge in [0.15, 0.2) is 5.78 Å². The predicted molar refractivity (Wildman–Crippen MR) is 89.8 cm³/mol. The molecule has 1 amide bonds. The molecule has 7 heteroatoms. The van der Waals surface area contributed by atoms with Gasteiger partial charge in [-0.1, -0.05) is 0 Å². The van der Waals surface area contributed by atoms with Gasteiger partial charge in [-0.25, -0.2) is 9.78 Å². The van der Waals surface area contributed by atoms with Crippen molar-refractivity contribution in [3.8, 4) is 0 Å². The van der Waals surface area contributed by atoms with E-state index >= 15 is 0 Å². The van der Waals surface area contributed by atoms with Gasteiger partial charge in [0.2, 0.25) is 0 Å². The molecule has 0 bridgehead atoms. The van der Waals surface area contributed by atoms with Crippen LogP contribution in [0.15, 0.2) is 18.6 Å². The third kappa shape index (κ3) is 5.56. The fourth-order valence-electron chi connectivity index (χ4n) is 2.66. The van der Waals surface area contributed by atoms with Crippen LogP contribution in [-0.4, -0.2) is 58.0 Å². The van der Waals surface area contributed by atoms with Crippen LogP contribution in [0.1, 0.15) is 50.5 Å². The van der Waals surface area contributed by atoms with Gasteiger partial charge in [0.25, 0.3) is 0 Å². The Labute approximate surface area is 142 Å². The molecule has 0 radical (unpaired) electrons. The van der Waals surface area contributed by atoms with Crippen molar-refractivity contribution in [2.75, 3.05) is 19.6 Å². The molecule has 132 valence electrons. The first kappa shape index (κ1) is 18.3. The molecule has 7 nitrogen and oxygen atoms in total. The number of carbonyl (C=O) groups is 2. The molecule has 0 spiro atoms. The first-order valence-electron chi connectivity index (χ1n) is 8.36. The highest BCUT2D eigenvalue weighted by molar-refractivity contribution is 5.95. The van der Waals surface area contributed by atoms with Crippen LogP contribution in [0.5, 0.6) is 0 Å². The molecule has 2 heterocycles. The van der Waals surface area contributed by atoms with Crippen LogP contribution in [0.25, 0.3) is 0 Å². The Kier molecular flexibility index (Phi) is 6.25. The number of hydrogen-bond acceptors (Lipinski definition) is 6. The summed E-state index contributed by atoms with van der Waals surface area (Å²) in [5.41, 5.74) is -0.160. The van der Waals surface area contributed by atoms with Crippen molar-refractivity contribution < 1.29 is 14.3 Å². The molecule has 1 saturated heterocycles. The number of carbonyl (C=O) groups excluding carboxylic acids is 2. The minimum Gasteiger partial charge on any atom is -0.444 e. The number of aromatic nitrogens is 2. The second kappa shape index (κ2) is 8.19. The van der Waals surface area contributed by atoms with E-state index in [1.54, 1.807) is 4.90 Å². The van der Waals surface area contributed by atoms with Gasteiger partial charge in [0.1, 0.15) is 11.3 Å². The summed E-state index contributed by atoms with van der Waals surface area (Å²) in [7, 11) is 0. The van der Waals surface area contributed by atoms with E-state index in [4.69, 9.17) is 4.74 Å². The minimum atomic E-state index is -0.506. The lowest BCUT2D eigenvalue weighted by Gasteiger charge is -2.36. The second-order valence-electron chi connectivity index (χ2n) is 6.97. The minimum absolute atomic E-state index is 0.0447. The van der Waals surface area contributed by atoms with E-state index in [1.807, 2.05) is 20.8 Å². The lowest BCUT2D eigenvalue weighted by atomic mass is 10.0. The molecule has 1 aromatic rings. The topological polar surface area (TPSA) is 84.4 Å². The van der Waals surface area contributed by atoms with Crippen LogP contribution >= 0.6 is 0 Å². The molecule has 1 aliphatic heterocycles. The van der Waals surface area contributed by atoms with Crippen molar-refractivity contribution >= 4 is 11.9 Å². The van der Waals surface area contributed by atoms with Crippen LogP contribution in [0.2, 0.25) is 0 Å². The van der Waals surface area contributed by atoms with E-state index in [2.05, 4.69) is 15.3 Å². The molecule has 0 aromatic carbocycles. The largest absolute Gasteiger partial charge is 0.444 e. The van der Waals surface area contributed by atoms with Gasteiger partial charge < -0.3 is 15.0 Å². The maximum absolute atomic E-state index is 12.3. The highest BCUT2D eigenvalue weighted by Gasteiger charge is 2.30. The summed E-state index contributed by atoms with van der Waals surface area (Å²) in [4.78, 5) is 34.0. The average Bonchev–Trinajstić information content (AvgIpc) is 2.54. The molecule has 2 rings (SSSR count). The van der Waals surface area contributed by atoms with Crippen molar-refractivity contribution in [2.24, 2.45) is 0 Å². The Balaban J connectivity index is 1.85. The molecule has 24 heavy (non-hydrogen) atoms. The molecule has 1 aromatic heterocycles. The number of rotatable bonds is 5. The Morgan fingerprint density at radius 2 is 2.12 bits per heavy atom. The Bertz CT molecular complexity index is 557. The van der Waals surface area contributed by atoms with E-state index in [9.17, 15) is 9.59 Å². The molecule has 0 saturated carbocycles. The number of amides is 1. The monoisotopic (exact) mass is 334 g/mol. The molecule has 1 N–H and O–H groups in total. The summed E-state index contributed by atoms with van der Waals surface area (Å²) in [5.74, 6) is -0.109. The van der Waals surface area contributed by atoms with Gasteiger partial charge in [0, 0.05) is 31.5 Å². The van der Waals surface area contributed by atoms with Gasteiger partial charge in [0.05, 0.1) is 12.7 Å². The third-order valence-electron chi connectivity index (χ3n) is 3.77. The Morgan fingerprint density at radius 1 is 1.33 bits per heavy atom. The molecule has 0 aliphatic carbocycles. The molecular formula is C17H26N4O3. The molecule has 1 atom stereocenters. The second-order valence-corrected chi connectivity index (χ2v) is 6.97. The van der Waals surface area contributed by atoms with Crippen molar-refractivity contribution in [3.63, 3.8) is 0 Å². The highest BCUT2D eigenvalue weighted by Crippen LogP contribution is 2.20. The van der Waals surface area contributed by atoms with Crippen molar-refractivity contribution in [1.82, 2.24) is 20.2 Å². The summed E-state index contributed by atoms with van der Waals surface area (Å²) >= 11 is 0. The normalized spacial score (nSPS) is 18.3. The van der Waals surface area contributed by atoms with Gasteiger partial charge in [-0.2, -0.15) is 0 Å². The number of piperidine rings is 1. The molecule has 1 aliphatic rings. The summed E-state index contributed by atoms with van der Waals surface area (Å²) < 4.78 is 5.48. The van der Waals surface area contributed by atoms with Crippen LogP contribution < -0.4 is 5.32 Å². The van der Waals surface area contributed by atoms with Gasteiger partial charge in [-0.15, -0.1) is 0 Å². The van der Waals surface area contributed by atoms with Gasteiger partial charge in [-0.3, -0.25) is 9.78 Å². The zero-order valence-electron chi connectivity index (χ0n) is 14.6.